The molecule has 0 saturated carbocycles. The highest BCUT2D eigenvalue weighted by atomic mass is 35.5. The number of ether oxygens (including phenoxy) is 1. The van der Waals surface area contributed by atoms with Crippen LogP contribution >= 0.6 is 11.6 Å². The molecule has 1 heterocycles. The topological polar surface area (TPSA) is 66.8 Å². The lowest BCUT2D eigenvalue weighted by atomic mass is 10.1. The maximum absolute atomic E-state index is 13.8. The number of aromatic hydroxyl groups is 1. The van der Waals surface area contributed by atoms with Gasteiger partial charge in [0, 0.05) is 6.07 Å². The molecule has 0 spiro atoms. The molecule has 2 rings (SSSR count). The zero-order valence-corrected chi connectivity index (χ0v) is 10.9. The van der Waals surface area contributed by atoms with Crippen LogP contribution in [-0.4, -0.2) is 23.2 Å². The van der Waals surface area contributed by atoms with Crippen LogP contribution in [-0.2, 0) is 9.53 Å². The zero-order valence-electron chi connectivity index (χ0n) is 10.2. The van der Waals surface area contributed by atoms with Gasteiger partial charge in [0.2, 0.25) is 0 Å². The molecule has 1 unspecified atom stereocenters. The number of amides is 2. The van der Waals surface area contributed by atoms with Crippen LogP contribution in [0.25, 0.3) is 0 Å². The summed E-state index contributed by atoms with van der Waals surface area (Å²) in [5, 5.41) is 9.24. The number of hydrogen-bond acceptors (Lipinski definition) is 4. The molecule has 2 amide bonds. The van der Waals surface area contributed by atoms with Crippen LogP contribution < -0.4 is 4.90 Å². The van der Waals surface area contributed by atoms with E-state index in [1.807, 2.05) is 0 Å². The molecule has 1 saturated heterocycles. The molecular formula is C12H11ClFNO4. The third kappa shape index (κ3) is 2.23. The highest BCUT2D eigenvalue weighted by Gasteiger charge is 2.44. The van der Waals surface area contributed by atoms with Crippen LogP contribution in [0, 0.1) is 11.7 Å². The standard InChI is InChI=1S/C12H11ClFNO4/c1-5(2)10-11(17)15(12(18)19-10)8-4-9(16)6(13)3-7(8)14/h3-5,10,16H,1-2H3. The summed E-state index contributed by atoms with van der Waals surface area (Å²) in [4.78, 5) is 24.2. The third-order valence-corrected chi connectivity index (χ3v) is 3.04. The van der Waals surface area contributed by atoms with Crippen molar-refractivity contribution in [3.8, 4) is 5.75 Å². The number of carbonyl (C=O) groups is 2. The van der Waals surface area contributed by atoms with Gasteiger partial charge in [-0.1, -0.05) is 25.4 Å². The van der Waals surface area contributed by atoms with E-state index in [1.165, 1.54) is 0 Å². The summed E-state index contributed by atoms with van der Waals surface area (Å²) in [6, 6.07) is 1.75. The first-order valence-electron chi connectivity index (χ1n) is 5.55. The number of anilines is 1. The summed E-state index contributed by atoms with van der Waals surface area (Å²) >= 11 is 5.53. The number of cyclic esters (lactones) is 1. The minimum atomic E-state index is -0.968. The Bertz CT molecular complexity index is 561. The van der Waals surface area contributed by atoms with Gasteiger partial charge >= 0.3 is 6.09 Å². The van der Waals surface area contributed by atoms with E-state index in [0.29, 0.717) is 4.90 Å². The second kappa shape index (κ2) is 4.70. The van der Waals surface area contributed by atoms with Gasteiger partial charge in [-0.2, -0.15) is 0 Å². The number of benzene rings is 1. The minimum Gasteiger partial charge on any atom is -0.506 e. The molecule has 1 aromatic carbocycles. The normalized spacial score (nSPS) is 19.2. The van der Waals surface area contributed by atoms with Crippen molar-refractivity contribution in [1.82, 2.24) is 0 Å². The zero-order chi connectivity index (χ0) is 14.3. The van der Waals surface area contributed by atoms with Crippen LogP contribution in [0.1, 0.15) is 13.8 Å². The first-order chi connectivity index (χ1) is 8.82. The summed E-state index contributed by atoms with van der Waals surface area (Å²) in [5.74, 6) is -2.21. The van der Waals surface area contributed by atoms with Gasteiger partial charge in [0.25, 0.3) is 5.91 Å². The number of halogens is 2. The number of nitrogens with zero attached hydrogens (tertiary/aromatic N) is 1. The average Bonchev–Trinajstić information content (AvgIpc) is 2.60. The smallest absolute Gasteiger partial charge is 0.422 e. The number of carbonyl (C=O) groups excluding carboxylic acids is 2. The second-order valence-corrected chi connectivity index (χ2v) is 4.88. The highest BCUT2D eigenvalue weighted by Crippen LogP contribution is 2.34. The SMILES string of the molecule is CC(C)C1OC(=O)N(c2cc(O)c(Cl)cc2F)C1=O. The molecule has 0 bridgehead atoms. The van der Waals surface area contributed by atoms with E-state index in [4.69, 9.17) is 16.3 Å². The largest absolute Gasteiger partial charge is 0.506 e. The van der Waals surface area contributed by atoms with Crippen LogP contribution in [0.5, 0.6) is 5.75 Å². The molecule has 1 atom stereocenters. The number of rotatable bonds is 2. The number of phenolic OH excluding ortho intramolecular Hbond substituents is 1. The van der Waals surface area contributed by atoms with Crippen LogP contribution in [0.3, 0.4) is 0 Å². The van der Waals surface area contributed by atoms with Gasteiger partial charge in [-0.25, -0.2) is 14.1 Å². The maximum atomic E-state index is 13.8. The van der Waals surface area contributed by atoms with Crippen molar-refractivity contribution in [2.24, 2.45) is 5.92 Å². The van der Waals surface area contributed by atoms with Gasteiger partial charge in [-0.05, 0) is 12.0 Å². The van der Waals surface area contributed by atoms with Gasteiger partial charge in [0.15, 0.2) is 6.10 Å². The van der Waals surface area contributed by atoms with Gasteiger partial charge in [-0.3, -0.25) is 4.79 Å². The van der Waals surface area contributed by atoms with E-state index < -0.39 is 29.7 Å². The Morgan fingerprint density at radius 2 is 2.05 bits per heavy atom. The van der Waals surface area contributed by atoms with Crippen LogP contribution in [0.2, 0.25) is 5.02 Å². The van der Waals surface area contributed by atoms with E-state index in [2.05, 4.69) is 0 Å². The molecule has 7 heteroatoms. The van der Waals surface area contributed by atoms with Gasteiger partial charge in [0.05, 0.1) is 10.7 Å². The lowest BCUT2D eigenvalue weighted by molar-refractivity contribution is -0.123. The molecule has 1 N–H and O–H groups in total. The Morgan fingerprint density at radius 3 is 2.58 bits per heavy atom. The molecule has 1 fully saturated rings. The first kappa shape index (κ1) is 13.6. The highest BCUT2D eigenvalue weighted by molar-refractivity contribution is 6.32. The maximum Gasteiger partial charge on any atom is 0.422 e. The molecule has 5 nitrogen and oxygen atoms in total. The van der Waals surface area contributed by atoms with E-state index in [0.717, 1.165) is 12.1 Å². The lowest BCUT2D eigenvalue weighted by Gasteiger charge is -2.14. The predicted octanol–water partition coefficient (Wildman–Crippen LogP) is 2.69. The Hall–Kier alpha value is -1.82. The Balaban J connectivity index is 2.45. The third-order valence-electron chi connectivity index (χ3n) is 2.74. The summed E-state index contributed by atoms with van der Waals surface area (Å²) < 4.78 is 18.6. The van der Waals surface area contributed by atoms with Crippen LogP contribution in [0.4, 0.5) is 14.9 Å². The fourth-order valence-corrected chi connectivity index (χ4v) is 1.92. The fraction of sp³-hybridized carbons (Fsp3) is 0.333. The Morgan fingerprint density at radius 1 is 1.42 bits per heavy atom. The quantitative estimate of drug-likeness (QED) is 0.908. The second-order valence-electron chi connectivity index (χ2n) is 4.48. The van der Waals surface area contributed by atoms with Crippen molar-refractivity contribution >= 4 is 29.3 Å². The van der Waals surface area contributed by atoms with Crippen molar-refractivity contribution in [2.45, 2.75) is 20.0 Å². The van der Waals surface area contributed by atoms with Crippen LogP contribution in [0.15, 0.2) is 12.1 Å². The molecular weight excluding hydrogens is 277 g/mol. The van der Waals surface area contributed by atoms with Crippen molar-refractivity contribution < 1.29 is 23.8 Å². The first-order valence-corrected chi connectivity index (χ1v) is 5.93. The number of phenols is 1. The minimum absolute atomic E-state index is 0.207. The molecule has 1 aliphatic heterocycles. The molecule has 102 valence electrons. The van der Waals surface area contributed by atoms with E-state index in [1.54, 1.807) is 13.8 Å². The summed E-state index contributed by atoms with van der Waals surface area (Å²) in [6.45, 7) is 3.41. The monoisotopic (exact) mass is 287 g/mol. The molecule has 1 aliphatic rings. The van der Waals surface area contributed by atoms with E-state index >= 15 is 0 Å². The van der Waals surface area contributed by atoms with Crippen molar-refractivity contribution in [1.29, 1.82) is 0 Å². The summed E-state index contributed by atoms with van der Waals surface area (Å²) in [6.07, 6.45) is -1.92. The summed E-state index contributed by atoms with van der Waals surface area (Å²) in [7, 11) is 0. The number of imide groups is 1. The van der Waals surface area contributed by atoms with Gasteiger partial charge in [0.1, 0.15) is 11.6 Å². The molecule has 19 heavy (non-hydrogen) atoms. The molecule has 0 aromatic heterocycles. The van der Waals surface area contributed by atoms with Crippen molar-refractivity contribution in [3.63, 3.8) is 0 Å². The molecule has 0 aliphatic carbocycles. The van der Waals surface area contributed by atoms with Crippen molar-refractivity contribution in [2.75, 3.05) is 4.90 Å². The summed E-state index contributed by atoms with van der Waals surface area (Å²) in [5.41, 5.74) is -0.375. The Kier molecular flexibility index (Phi) is 3.36. The lowest BCUT2D eigenvalue weighted by Crippen LogP contribution is -2.33. The molecule has 0 radical (unpaired) electrons. The van der Waals surface area contributed by atoms with Crippen molar-refractivity contribution in [3.05, 3.63) is 23.0 Å². The number of hydrogen-bond donors (Lipinski definition) is 1. The Labute approximate surface area is 113 Å². The van der Waals surface area contributed by atoms with Gasteiger partial charge < -0.3 is 9.84 Å². The molecule has 1 aromatic rings. The predicted molar refractivity (Wildman–Crippen MR) is 65.7 cm³/mol. The van der Waals surface area contributed by atoms with E-state index in [9.17, 15) is 19.1 Å². The average molecular weight is 288 g/mol. The van der Waals surface area contributed by atoms with Gasteiger partial charge in [-0.15, -0.1) is 0 Å². The fourth-order valence-electron chi connectivity index (χ4n) is 1.77. The van der Waals surface area contributed by atoms with E-state index in [-0.39, 0.29) is 16.6 Å².